The molecular weight excluding hydrogens is 674 g/mol. The molecule has 10 atom stereocenters. The SMILES string of the molecule is C=CC[N+]1(C)CCN(C2C[C@H]3[C@@H]4CCC5CC(OC(C)=O)C(N6CCC7(CC6)OCCO7)C[C@]5(C)[C@@H]4CC[C@]3(C)C2OC(C)=O)CC1.[Br-]. The maximum absolute atomic E-state index is 12.6. The van der Waals surface area contributed by atoms with Gasteiger partial charge < -0.3 is 40.4 Å². The standard InChI is InChI=1S/C38H62N3O6.BrH/c1-7-18-41(6)19-16-40(17-20-41)32-24-31-29-9-8-28-23-34(46-26(2)42)33(39-14-12-38(13-15-39)44-21-22-45-38)25-37(28,5)30(29)10-11-36(31,4)35(32)47-27(3)43;/h7,28-35H,1,8-25H2,2-6H3;1H/q+1;/p-1/t28?,29-,30-,31+,32?,33?,34?,35?,36+,37+;/m1./s1. The number of hydrogen-bond acceptors (Lipinski definition) is 8. The highest BCUT2D eigenvalue weighted by Gasteiger charge is 2.65. The number of hydrogen-bond donors (Lipinski definition) is 0. The van der Waals surface area contributed by atoms with Crippen molar-refractivity contribution in [1.82, 2.24) is 9.80 Å². The van der Waals surface area contributed by atoms with E-state index in [1.54, 1.807) is 13.8 Å². The molecule has 3 saturated heterocycles. The van der Waals surface area contributed by atoms with Gasteiger partial charge in [0.15, 0.2) is 5.79 Å². The summed E-state index contributed by atoms with van der Waals surface area (Å²) in [6, 6.07) is 0.524. The third-order valence-corrected chi connectivity index (χ3v) is 14.9. The van der Waals surface area contributed by atoms with Gasteiger partial charge in [-0.15, -0.1) is 0 Å². The third-order valence-electron chi connectivity index (χ3n) is 14.9. The molecular formula is C38H62BrN3O6. The molecule has 7 rings (SSSR count). The Hall–Kier alpha value is -1.04. The van der Waals surface area contributed by atoms with Crippen molar-refractivity contribution in [1.29, 1.82) is 0 Å². The van der Waals surface area contributed by atoms with Crippen molar-refractivity contribution in [2.75, 3.05) is 66.1 Å². The number of likely N-dealkylation sites (N-methyl/N-ethyl adjacent to an activating group) is 1. The number of esters is 2. The number of carbonyl (C=O) groups is 2. The van der Waals surface area contributed by atoms with Gasteiger partial charge in [0.05, 0.1) is 39.9 Å². The summed E-state index contributed by atoms with van der Waals surface area (Å²) in [5, 5.41) is 0. The summed E-state index contributed by atoms with van der Waals surface area (Å²) in [5.41, 5.74) is 0.208. The van der Waals surface area contributed by atoms with E-state index in [0.29, 0.717) is 42.9 Å². The van der Waals surface area contributed by atoms with E-state index in [4.69, 9.17) is 18.9 Å². The molecule has 10 heteroatoms. The molecule has 4 aliphatic carbocycles. The number of piperidine rings is 1. The average molecular weight is 737 g/mol. The zero-order valence-electron chi connectivity index (χ0n) is 30.3. The second-order valence-electron chi connectivity index (χ2n) is 17.4. The van der Waals surface area contributed by atoms with Crippen LogP contribution in [0.15, 0.2) is 12.7 Å². The molecule has 4 saturated carbocycles. The summed E-state index contributed by atoms with van der Waals surface area (Å²) >= 11 is 0. The molecule has 0 radical (unpaired) electrons. The number of ether oxygens (including phenoxy) is 4. The number of fused-ring (bicyclic) bond motifs is 5. The fourth-order valence-corrected chi connectivity index (χ4v) is 12.4. The first-order valence-electron chi connectivity index (χ1n) is 18.9. The van der Waals surface area contributed by atoms with Crippen LogP contribution in [0.3, 0.4) is 0 Å². The van der Waals surface area contributed by atoms with Gasteiger partial charge in [0, 0.05) is 70.4 Å². The number of likely N-dealkylation sites (tertiary alicyclic amines) is 1. The number of quaternary nitrogens is 1. The maximum Gasteiger partial charge on any atom is 0.302 e. The summed E-state index contributed by atoms with van der Waals surface area (Å²) < 4.78 is 25.7. The Morgan fingerprint density at radius 2 is 1.50 bits per heavy atom. The maximum atomic E-state index is 12.6. The number of carbonyl (C=O) groups excluding carboxylic acids is 2. The van der Waals surface area contributed by atoms with Crippen LogP contribution in [0.4, 0.5) is 0 Å². The van der Waals surface area contributed by atoms with Gasteiger partial charge in [-0.1, -0.05) is 20.4 Å². The van der Waals surface area contributed by atoms with Crippen molar-refractivity contribution < 1.29 is 50.0 Å². The van der Waals surface area contributed by atoms with Crippen LogP contribution in [0.5, 0.6) is 0 Å². The van der Waals surface area contributed by atoms with Gasteiger partial charge in [0.2, 0.25) is 0 Å². The summed E-state index contributed by atoms with van der Waals surface area (Å²) in [7, 11) is 2.35. The van der Waals surface area contributed by atoms with E-state index in [1.165, 1.54) is 19.3 Å². The van der Waals surface area contributed by atoms with Crippen LogP contribution in [0.1, 0.15) is 85.5 Å². The zero-order chi connectivity index (χ0) is 33.2. The molecule has 9 nitrogen and oxygen atoms in total. The molecule has 0 aromatic heterocycles. The van der Waals surface area contributed by atoms with Gasteiger partial charge in [0.1, 0.15) is 12.2 Å². The first-order valence-corrected chi connectivity index (χ1v) is 18.9. The smallest absolute Gasteiger partial charge is 0.302 e. The van der Waals surface area contributed by atoms with Crippen LogP contribution in [0.2, 0.25) is 0 Å². The number of halogens is 1. The zero-order valence-corrected chi connectivity index (χ0v) is 31.9. The predicted octanol–water partition coefficient (Wildman–Crippen LogP) is 1.64. The molecule has 0 amide bonds. The van der Waals surface area contributed by atoms with E-state index in [1.807, 2.05) is 0 Å². The van der Waals surface area contributed by atoms with Gasteiger partial charge in [0.25, 0.3) is 0 Å². The summed E-state index contributed by atoms with van der Waals surface area (Å²) in [6.45, 7) is 20.8. The molecule has 7 aliphatic rings. The van der Waals surface area contributed by atoms with Crippen LogP contribution in [0.25, 0.3) is 0 Å². The van der Waals surface area contributed by atoms with Crippen molar-refractivity contribution in [3.8, 4) is 0 Å². The fraction of sp³-hybridized carbons (Fsp3) is 0.895. The van der Waals surface area contributed by atoms with Gasteiger partial charge in [-0.25, -0.2) is 0 Å². The Balaban J connectivity index is 0.00000401. The van der Waals surface area contributed by atoms with Crippen molar-refractivity contribution in [2.24, 2.45) is 34.5 Å². The lowest BCUT2D eigenvalue weighted by atomic mass is 9.44. The third kappa shape index (κ3) is 6.46. The van der Waals surface area contributed by atoms with Crippen LogP contribution in [-0.4, -0.2) is 122 Å². The van der Waals surface area contributed by atoms with E-state index in [-0.39, 0.29) is 58.0 Å². The Morgan fingerprint density at radius 3 is 2.12 bits per heavy atom. The second kappa shape index (κ2) is 13.8. The summed E-state index contributed by atoms with van der Waals surface area (Å²) in [6.07, 6.45) is 11.6. The average Bonchev–Trinajstić information content (AvgIpc) is 3.59. The van der Waals surface area contributed by atoms with Gasteiger partial charge in [-0.2, -0.15) is 0 Å². The Bertz CT molecular complexity index is 1190. The van der Waals surface area contributed by atoms with E-state index in [0.717, 1.165) is 88.8 Å². The lowest BCUT2D eigenvalue weighted by molar-refractivity contribution is -0.908. The van der Waals surface area contributed by atoms with Crippen molar-refractivity contribution >= 4 is 11.9 Å². The Labute approximate surface area is 299 Å². The Kier molecular flexibility index (Phi) is 10.6. The van der Waals surface area contributed by atoms with Gasteiger partial charge in [-0.05, 0) is 80.1 Å². The monoisotopic (exact) mass is 735 g/mol. The van der Waals surface area contributed by atoms with E-state index in [9.17, 15) is 9.59 Å². The van der Waals surface area contributed by atoms with E-state index < -0.39 is 5.79 Å². The normalized spacial score (nSPS) is 43.7. The van der Waals surface area contributed by atoms with Gasteiger partial charge >= 0.3 is 11.9 Å². The number of nitrogens with zero attached hydrogens (tertiary/aromatic N) is 3. The molecule has 0 bridgehead atoms. The van der Waals surface area contributed by atoms with Crippen molar-refractivity contribution in [3.63, 3.8) is 0 Å². The molecule has 7 fully saturated rings. The minimum absolute atomic E-state index is 0. The molecule has 0 aromatic carbocycles. The minimum Gasteiger partial charge on any atom is -1.00 e. The topological polar surface area (TPSA) is 77.5 Å². The highest BCUT2D eigenvalue weighted by molar-refractivity contribution is 5.66. The van der Waals surface area contributed by atoms with Crippen LogP contribution in [0, 0.1) is 34.5 Å². The van der Waals surface area contributed by atoms with Gasteiger partial charge in [-0.3, -0.25) is 19.4 Å². The quantitative estimate of drug-likeness (QED) is 0.232. The predicted molar refractivity (Wildman–Crippen MR) is 179 cm³/mol. The highest BCUT2D eigenvalue weighted by atomic mass is 79.9. The van der Waals surface area contributed by atoms with Crippen molar-refractivity contribution in [2.45, 2.75) is 116 Å². The lowest BCUT2D eigenvalue weighted by Gasteiger charge is -2.62. The molecule has 48 heavy (non-hydrogen) atoms. The second-order valence-corrected chi connectivity index (χ2v) is 17.4. The molecule has 0 N–H and O–H groups in total. The number of rotatable bonds is 6. The minimum atomic E-state index is -0.409. The number of piperazine rings is 1. The molecule has 3 aliphatic heterocycles. The highest BCUT2D eigenvalue weighted by Crippen LogP contribution is 2.67. The fourth-order valence-electron chi connectivity index (χ4n) is 12.4. The molecule has 1 spiro atoms. The lowest BCUT2D eigenvalue weighted by Crippen LogP contribution is -3.00. The van der Waals surface area contributed by atoms with Crippen LogP contribution in [-0.2, 0) is 28.5 Å². The molecule has 5 unspecified atom stereocenters. The van der Waals surface area contributed by atoms with Crippen LogP contribution < -0.4 is 17.0 Å². The largest absolute Gasteiger partial charge is 1.00 e. The molecule has 272 valence electrons. The van der Waals surface area contributed by atoms with Crippen LogP contribution >= 0.6 is 0 Å². The summed E-state index contributed by atoms with van der Waals surface area (Å²) in [4.78, 5) is 30.3. The summed E-state index contributed by atoms with van der Waals surface area (Å²) in [5.74, 6) is 1.70. The van der Waals surface area contributed by atoms with E-state index >= 15 is 0 Å². The van der Waals surface area contributed by atoms with Crippen molar-refractivity contribution in [3.05, 3.63) is 12.7 Å². The molecule has 0 aromatic rings. The first kappa shape index (κ1) is 36.7. The molecule has 3 heterocycles. The Morgan fingerprint density at radius 1 is 0.854 bits per heavy atom. The first-order chi connectivity index (χ1) is 22.4. The van der Waals surface area contributed by atoms with E-state index in [2.05, 4.69) is 43.3 Å².